The maximum Gasteiger partial charge on any atom is 0.240 e. The fourth-order valence-electron chi connectivity index (χ4n) is 1.73. The number of nitrogens with zero attached hydrogens (tertiary/aromatic N) is 1. The van der Waals surface area contributed by atoms with Gasteiger partial charge in [-0.1, -0.05) is 18.2 Å². The van der Waals surface area contributed by atoms with Crippen molar-refractivity contribution in [2.75, 3.05) is 6.54 Å². The number of aliphatic hydroxyl groups excluding tert-OH is 1. The lowest BCUT2D eigenvalue weighted by molar-refractivity contribution is 0.282. The average molecular weight is 292 g/mol. The number of nitrogens with one attached hydrogen (secondary N) is 1. The highest BCUT2D eigenvalue weighted by atomic mass is 32.2. The van der Waals surface area contributed by atoms with Crippen LogP contribution in [-0.2, 0) is 23.1 Å². The highest BCUT2D eigenvalue weighted by molar-refractivity contribution is 7.89. The average Bonchev–Trinajstić information content (AvgIpc) is 2.48. The molecule has 1 heterocycles. The van der Waals surface area contributed by atoms with Gasteiger partial charge >= 0.3 is 0 Å². The van der Waals surface area contributed by atoms with Gasteiger partial charge in [-0.2, -0.15) is 0 Å². The van der Waals surface area contributed by atoms with Crippen molar-refractivity contribution in [3.63, 3.8) is 0 Å². The predicted molar refractivity (Wildman–Crippen MR) is 75.5 cm³/mol. The second kappa shape index (κ2) is 6.60. The number of rotatable bonds is 6. The largest absolute Gasteiger partial charge is 0.392 e. The molecule has 2 aromatic rings. The Kier molecular flexibility index (Phi) is 4.84. The molecule has 6 heteroatoms. The normalized spacial score (nSPS) is 11.4. The van der Waals surface area contributed by atoms with Crippen LogP contribution in [0.25, 0.3) is 0 Å². The number of aliphatic hydroxyl groups is 1. The fourth-order valence-corrected chi connectivity index (χ4v) is 2.76. The van der Waals surface area contributed by atoms with Gasteiger partial charge < -0.3 is 5.11 Å². The minimum Gasteiger partial charge on any atom is -0.392 e. The Bertz CT molecular complexity index is 640. The lowest BCUT2D eigenvalue weighted by atomic mass is 10.2. The summed E-state index contributed by atoms with van der Waals surface area (Å²) in [5.41, 5.74) is 1.66. The summed E-state index contributed by atoms with van der Waals surface area (Å²) in [7, 11) is -3.51. The molecule has 0 saturated carbocycles. The smallest absolute Gasteiger partial charge is 0.240 e. The molecule has 20 heavy (non-hydrogen) atoms. The summed E-state index contributed by atoms with van der Waals surface area (Å²) < 4.78 is 26.6. The minimum atomic E-state index is -3.51. The van der Waals surface area contributed by atoms with Gasteiger partial charge in [-0.25, -0.2) is 13.1 Å². The van der Waals surface area contributed by atoms with Crippen LogP contribution in [0.5, 0.6) is 0 Å². The fraction of sp³-hybridized carbons (Fsp3) is 0.214. The van der Waals surface area contributed by atoms with Crippen LogP contribution in [-0.4, -0.2) is 25.1 Å². The molecule has 0 unspecified atom stereocenters. The van der Waals surface area contributed by atoms with Crippen LogP contribution < -0.4 is 4.72 Å². The summed E-state index contributed by atoms with van der Waals surface area (Å²) in [6, 6.07) is 9.87. The predicted octanol–water partition coefficient (Wildman–Crippen LogP) is 1.09. The molecular weight excluding hydrogens is 276 g/mol. The first-order valence-electron chi connectivity index (χ1n) is 6.20. The number of benzene rings is 1. The Morgan fingerprint density at radius 3 is 2.45 bits per heavy atom. The number of hydrogen-bond donors (Lipinski definition) is 2. The number of hydrogen-bond acceptors (Lipinski definition) is 4. The molecule has 0 saturated heterocycles. The summed E-state index contributed by atoms with van der Waals surface area (Å²) in [5.74, 6) is 0. The summed E-state index contributed by atoms with van der Waals surface area (Å²) >= 11 is 0. The van der Waals surface area contributed by atoms with E-state index in [1.807, 2.05) is 12.1 Å². The number of pyridine rings is 1. The zero-order chi connectivity index (χ0) is 14.4. The highest BCUT2D eigenvalue weighted by Crippen LogP contribution is 2.10. The summed E-state index contributed by atoms with van der Waals surface area (Å²) in [6.07, 6.45) is 3.97. The van der Waals surface area contributed by atoms with Crippen molar-refractivity contribution in [3.8, 4) is 0 Å². The van der Waals surface area contributed by atoms with Crippen LogP contribution in [0.3, 0.4) is 0 Å². The first-order valence-corrected chi connectivity index (χ1v) is 7.68. The Morgan fingerprint density at radius 2 is 1.85 bits per heavy atom. The highest BCUT2D eigenvalue weighted by Gasteiger charge is 2.12. The topological polar surface area (TPSA) is 79.3 Å². The zero-order valence-corrected chi connectivity index (χ0v) is 11.7. The molecule has 0 atom stereocenters. The van der Waals surface area contributed by atoms with Gasteiger partial charge in [-0.05, 0) is 35.7 Å². The molecule has 0 radical (unpaired) electrons. The molecule has 0 aliphatic rings. The van der Waals surface area contributed by atoms with Crippen LogP contribution in [0, 0.1) is 0 Å². The van der Waals surface area contributed by atoms with Gasteiger partial charge in [0.05, 0.1) is 11.5 Å². The molecule has 1 aromatic heterocycles. The third-order valence-corrected chi connectivity index (χ3v) is 4.32. The van der Waals surface area contributed by atoms with Gasteiger partial charge in [0.2, 0.25) is 10.0 Å². The van der Waals surface area contributed by atoms with E-state index in [1.165, 1.54) is 12.1 Å². The third-order valence-electron chi connectivity index (χ3n) is 2.84. The van der Waals surface area contributed by atoms with E-state index in [2.05, 4.69) is 9.71 Å². The second-order valence-corrected chi connectivity index (χ2v) is 6.08. The van der Waals surface area contributed by atoms with Crippen LogP contribution in [0.2, 0.25) is 0 Å². The van der Waals surface area contributed by atoms with Crippen molar-refractivity contribution in [3.05, 3.63) is 59.9 Å². The van der Waals surface area contributed by atoms with Crippen molar-refractivity contribution in [1.82, 2.24) is 9.71 Å². The number of sulfonamides is 1. The maximum atomic E-state index is 12.0. The Hall–Kier alpha value is -1.76. The molecule has 0 aliphatic carbocycles. The maximum absolute atomic E-state index is 12.0. The SMILES string of the molecule is O=S(=O)(NCCc1cccnc1)c1ccc(CO)cc1. The van der Waals surface area contributed by atoms with Crippen molar-refractivity contribution in [2.24, 2.45) is 0 Å². The van der Waals surface area contributed by atoms with Gasteiger partial charge in [0.25, 0.3) is 0 Å². The standard InChI is InChI=1S/C14H16N2O3S/c17-11-13-3-5-14(6-4-13)20(18,19)16-9-7-12-2-1-8-15-10-12/h1-6,8,10,16-17H,7,9,11H2. The van der Waals surface area contributed by atoms with E-state index in [9.17, 15) is 8.42 Å². The molecule has 0 fully saturated rings. The molecule has 106 valence electrons. The van der Waals surface area contributed by atoms with E-state index >= 15 is 0 Å². The van der Waals surface area contributed by atoms with E-state index < -0.39 is 10.0 Å². The van der Waals surface area contributed by atoms with Crippen LogP contribution >= 0.6 is 0 Å². The molecule has 5 nitrogen and oxygen atoms in total. The second-order valence-electron chi connectivity index (χ2n) is 4.31. The van der Waals surface area contributed by atoms with E-state index in [0.717, 1.165) is 5.56 Å². The van der Waals surface area contributed by atoms with Gasteiger partial charge in [0.1, 0.15) is 0 Å². The van der Waals surface area contributed by atoms with Crippen LogP contribution in [0.1, 0.15) is 11.1 Å². The van der Waals surface area contributed by atoms with Gasteiger partial charge in [-0.15, -0.1) is 0 Å². The van der Waals surface area contributed by atoms with E-state index in [0.29, 0.717) is 18.5 Å². The monoisotopic (exact) mass is 292 g/mol. The molecule has 0 spiro atoms. The van der Waals surface area contributed by atoms with Crippen molar-refractivity contribution < 1.29 is 13.5 Å². The molecular formula is C14H16N2O3S. The molecule has 1 aromatic carbocycles. The molecule has 0 aliphatic heterocycles. The van der Waals surface area contributed by atoms with Gasteiger partial charge in [-0.3, -0.25) is 4.98 Å². The van der Waals surface area contributed by atoms with Gasteiger partial charge in [0, 0.05) is 18.9 Å². The molecule has 0 bridgehead atoms. The summed E-state index contributed by atoms with van der Waals surface area (Å²) in [4.78, 5) is 4.17. The summed E-state index contributed by atoms with van der Waals surface area (Å²) in [5, 5.41) is 8.93. The first-order chi connectivity index (χ1) is 9.62. The minimum absolute atomic E-state index is 0.102. The van der Waals surface area contributed by atoms with Gasteiger partial charge in [0.15, 0.2) is 0 Å². The third kappa shape index (κ3) is 3.86. The van der Waals surface area contributed by atoms with Crippen molar-refractivity contribution >= 4 is 10.0 Å². The lowest BCUT2D eigenvalue weighted by Crippen LogP contribution is -2.26. The van der Waals surface area contributed by atoms with Crippen molar-refractivity contribution in [2.45, 2.75) is 17.9 Å². The van der Waals surface area contributed by atoms with Crippen LogP contribution in [0.15, 0.2) is 53.7 Å². The molecule has 0 amide bonds. The quantitative estimate of drug-likeness (QED) is 0.835. The Labute approximate surface area is 118 Å². The summed E-state index contributed by atoms with van der Waals surface area (Å²) in [6.45, 7) is 0.213. The molecule has 2 N–H and O–H groups in total. The zero-order valence-electron chi connectivity index (χ0n) is 10.9. The lowest BCUT2D eigenvalue weighted by Gasteiger charge is -2.07. The van der Waals surface area contributed by atoms with E-state index in [1.54, 1.807) is 24.5 Å². The number of aromatic nitrogens is 1. The first kappa shape index (κ1) is 14.6. The van der Waals surface area contributed by atoms with Crippen LogP contribution in [0.4, 0.5) is 0 Å². The van der Waals surface area contributed by atoms with E-state index in [4.69, 9.17) is 5.11 Å². The van der Waals surface area contributed by atoms with E-state index in [-0.39, 0.29) is 11.5 Å². The Balaban J connectivity index is 1.96. The Morgan fingerprint density at radius 1 is 1.10 bits per heavy atom. The molecule has 2 rings (SSSR count). The van der Waals surface area contributed by atoms with Crippen molar-refractivity contribution in [1.29, 1.82) is 0 Å².